The highest BCUT2D eigenvalue weighted by Crippen LogP contribution is 2.51. The zero-order valence-corrected chi connectivity index (χ0v) is 25.0. The number of carbonyl (C=O) groups excluding carboxylic acids is 2. The molecule has 2 aromatic carbocycles. The third-order valence-corrected chi connectivity index (χ3v) is 7.35. The van der Waals surface area contributed by atoms with E-state index in [1.165, 1.54) is 29.3 Å². The van der Waals surface area contributed by atoms with E-state index in [-0.39, 0.29) is 45.6 Å². The zero-order valence-electron chi connectivity index (χ0n) is 22.0. The summed E-state index contributed by atoms with van der Waals surface area (Å²) in [5.41, 5.74) is 0.0742. The van der Waals surface area contributed by atoms with Gasteiger partial charge >= 0.3 is 12.1 Å². The van der Waals surface area contributed by atoms with Gasteiger partial charge in [0.1, 0.15) is 33.4 Å². The lowest BCUT2D eigenvalue weighted by Crippen LogP contribution is -3.00. The summed E-state index contributed by atoms with van der Waals surface area (Å²) >= 11 is 1.18. The van der Waals surface area contributed by atoms with Gasteiger partial charge in [0.05, 0.1) is 13.2 Å². The number of ether oxygens (including phenoxy) is 1. The number of hydrogen-bond donors (Lipinski definition) is 1. The molecule has 0 spiro atoms. The molecule has 0 saturated heterocycles. The quantitative estimate of drug-likeness (QED) is 0.292. The summed E-state index contributed by atoms with van der Waals surface area (Å²) in [6.45, 7) is 5.60. The number of nitrogens with zero attached hydrogens (tertiary/aromatic N) is 4. The SMILES string of the molecule is CC(C)(C)OC(=O)NCCCC1(c2ccccc2)SC(c2cc(F)ccc2F)=NN1C(=O)[N+]1(C)C=CN=C1.[I-]. The molecule has 8 nitrogen and oxygen atoms in total. The number of hydrazone groups is 1. The molecule has 1 N–H and O–H groups in total. The second-order valence-corrected chi connectivity index (χ2v) is 11.4. The van der Waals surface area contributed by atoms with Gasteiger partial charge in [0, 0.05) is 12.1 Å². The molecule has 2 heterocycles. The van der Waals surface area contributed by atoms with Crippen LogP contribution in [-0.4, -0.2) is 52.2 Å². The molecule has 0 aliphatic carbocycles. The Morgan fingerprint density at radius 3 is 2.51 bits per heavy atom. The average molecular weight is 670 g/mol. The molecular weight excluding hydrogens is 639 g/mol. The Morgan fingerprint density at radius 1 is 1.15 bits per heavy atom. The van der Waals surface area contributed by atoms with Crippen molar-refractivity contribution in [2.24, 2.45) is 10.1 Å². The fraction of sp³-hybridized carbons (Fsp3) is 0.333. The summed E-state index contributed by atoms with van der Waals surface area (Å²) in [5.74, 6) is -1.27. The molecule has 0 bridgehead atoms. The second-order valence-electron chi connectivity index (χ2n) is 10.1. The average Bonchev–Trinajstić information content (AvgIpc) is 3.48. The summed E-state index contributed by atoms with van der Waals surface area (Å²) in [6.07, 6.45) is 4.84. The minimum absolute atomic E-state index is 0. The van der Waals surface area contributed by atoms with Crippen LogP contribution < -0.4 is 29.3 Å². The van der Waals surface area contributed by atoms with Crippen LogP contribution in [0.1, 0.15) is 44.7 Å². The normalized spacial score (nSPS) is 21.9. The number of halogens is 3. The van der Waals surface area contributed by atoms with Crippen molar-refractivity contribution in [3.05, 3.63) is 83.7 Å². The van der Waals surface area contributed by atoms with E-state index in [1.54, 1.807) is 34.0 Å². The van der Waals surface area contributed by atoms with Crippen LogP contribution in [0.3, 0.4) is 0 Å². The number of urea groups is 1. The number of quaternary nitrogens is 1. The monoisotopic (exact) mass is 669 g/mol. The van der Waals surface area contributed by atoms with E-state index in [1.807, 2.05) is 30.3 Å². The topological polar surface area (TPSA) is 83.4 Å². The van der Waals surface area contributed by atoms with Crippen molar-refractivity contribution in [2.45, 2.75) is 44.1 Å². The first kappa shape index (κ1) is 30.7. The van der Waals surface area contributed by atoms with Crippen LogP contribution in [0.5, 0.6) is 0 Å². The van der Waals surface area contributed by atoms with Crippen LogP contribution in [0.15, 0.2) is 71.0 Å². The molecule has 2 aromatic rings. The van der Waals surface area contributed by atoms with Crippen molar-refractivity contribution in [3.63, 3.8) is 0 Å². The van der Waals surface area contributed by atoms with E-state index in [0.29, 0.717) is 12.8 Å². The third kappa shape index (κ3) is 6.84. The number of thioether (sulfide) groups is 1. The number of carbonyl (C=O) groups is 2. The number of benzene rings is 2. The molecule has 2 aliphatic rings. The lowest BCUT2D eigenvalue weighted by Gasteiger charge is -2.37. The molecule has 2 aliphatic heterocycles. The molecule has 0 aromatic heterocycles. The van der Waals surface area contributed by atoms with E-state index in [0.717, 1.165) is 23.8 Å². The molecule has 2 unspecified atom stereocenters. The molecule has 12 heteroatoms. The van der Waals surface area contributed by atoms with Gasteiger partial charge in [-0.25, -0.2) is 23.4 Å². The smallest absolute Gasteiger partial charge is 0.451 e. The predicted molar refractivity (Wildman–Crippen MR) is 143 cm³/mol. The van der Waals surface area contributed by atoms with Gasteiger partial charge < -0.3 is 34.0 Å². The summed E-state index contributed by atoms with van der Waals surface area (Å²) in [4.78, 5) is 29.1. The Morgan fingerprint density at radius 2 is 1.87 bits per heavy atom. The first-order valence-corrected chi connectivity index (χ1v) is 12.9. The summed E-state index contributed by atoms with van der Waals surface area (Å²) in [6, 6.07) is 12.0. The Hall–Kier alpha value is -2.84. The maximum absolute atomic E-state index is 14.8. The van der Waals surface area contributed by atoms with Crippen LogP contribution in [-0.2, 0) is 9.61 Å². The number of hydrogen-bond acceptors (Lipinski definition) is 6. The summed E-state index contributed by atoms with van der Waals surface area (Å²) < 4.78 is 34.0. The van der Waals surface area contributed by atoms with Gasteiger partial charge in [-0.15, -0.1) is 0 Å². The highest BCUT2D eigenvalue weighted by Gasteiger charge is 2.54. The molecule has 2 atom stereocenters. The van der Waals surface area contributed by atoms with Crippen molar-refractivity contribution >= 4 is 35.3 Å². The number of amides is 3. The molecular formula is C27H30F2IN5O3S. The Balaban J connectivity index is 0.00000420. The molecule has 0 saturated carbocycles. The van der Waals surface area contributed by atoms with E-state index in [9.17, 15) is 18.4 Å². The van der Waals surface area contributed by atoms with E-state index >= 15 is 0 Å². The van der Waals surface area contributed by atoms with Gasteiger partial charge in [-0.05, 0) is 57.4 Å². The van der Waals surface area contributed by atoms with Gasteiger partial charge in [-0.3, -0.25) is 0 Å². The largest absolute Gasteiger partial charge is 1.00 e. The highest BCUT2D eigenvalue weighted by molar-refractivity contribution is 8.15. The maximum Gasteiger partial charge on any atom is 0.451 e. The van der Waals surface area contributed by atoms with E-state index < -0.39 is 34.2 Å². The van der Waals surface area contributed by atoms with Gasteiger partial charge in [0.25, 0.3) is 0 Å². The molecule has 208 valence electrons. The van der Waals surface area contributed by atoms with Crippen LogP contribution in [0.4, 0.5) is 18.4 Å². The minimum atomic E-state index is -1.10. The van der Waals surface area contributed by atoms with Crippen LogP contribution in [0.2, 0.25) is 0 Å². The second kappa shape index (κ2) is 12.1. The summed E-state index contributed by atoms with van der Waals surface area (Å²) in [5, 5.41) is 8.82. The Labute approximate surface area is 247 Å². The third-order valence-electron chi connectivity index (χ3n) is 5.91. The summed E-state index contributed by atoms with van der Waals surface area (Å²) in [7, 11) is 1.66. The molecule has 4 rings (SSSR count). The minimum Gasteiger partial charge on any atom is -1.00 e. The van der Waals surface area contributed by atoms with Gasteiger partial charge in [0.2, 0.25) is 6.34 Å². The van der Waals surface area contributed by atoms with Crippen molar-refractivity contribution in [2.75, 3.05) is 13.6 Å². The first-order chi connectivity index (χ1) is 17.9. The van der Waals surface area contributed by atoms with Crippen LogP contribution >= 0.6 is 11.8 Å². The molecule has 0 fully saturated rings. The zero-order chi connectivity index (χ0) is 27.6. The van der Waals surface area contributed by atoms with Gasteiger partial charge in [0.15, 0.2) is 0 Å². The van der Waals surface area contributed by atoms with E-state index in [4.69, 9.17) is 4.74 Å². The highest BCUT2D eigenvalue weighted by atomic mass is 127. The van der Waals surface area contributed by atoms with Crippen molar-refractivity contribution in [1.29, 1.82) is 0 Å². The number of alkyl carbamates (subject to hydrolysis) is 1. The van der Waals surface area contributed by atoms with Gasteiger partial charge in [-0.2, -0.15) is 14.6 Å². The van der Waals surface area contributed by atoms with Crippen molar-refractivity contribution in [1.82, 2.24) is 10.3 Å². The number of aliphatic imine (C=N–C) groups is 1. The lowest BCUT2D eigenvalue weighted by molar-refractivity contribution is -0.671. The van der Waals surface area contributed by atoms with Crippen LogP contribution in [0.25, 0.3) is 0 Å². The van der Waals surface area contributed by atoms with Gasteiger partial charge in [-0.1, -0.05) is 42.1 Å². The Kier molecular flexibility index (Phi) is 9.55. The molecule has 39 heavy (non-hydrogen) atoms. The molecule has 0 radical (unpaired) electrons. The lowest BCUT2D eigenvalue weighted by atomic mass is 10.0. The fourth-order valence-electron chi connectivity index (χ4n) is 4.09. The van der Waals surface area contributed by atoms with E-state index in [2.05, 4.69) is 15.4 Å². The first-order valence-electron chi connectivity index (χ1n) is 12.1. The standard InChI is InChI=1S/C27H29F2N5O3S.HI/c1-26(2,3)37-24(35)31-14-8-13-27(19-9-6-5-7-10-19)33(25(36)34(4)16-15-30-18-34)32-23(38-27)21-17-20(28)11-12-22(21)29;/h5-7,9-12,15-18H,8,13-14H2,1-4H3;1H. The fourth-order valence-corrected chi connectivity index (χ4v) is 5.50. The Bertz CT molecular complexity index is 1300. The van der Waals surface area contributed by atoms with Crippen molar-refractivity contribution in [3.8, 4) is 0 Å². The van der Waals surface area contributed by atoms with Crippen LogP contribution in [0, 0.1) is 11.6 Å². The predicted octanol–water partition coefficient (Wildman–Crippen LogP) is 2.92. The number of nitrogens with one attached hydrogen (secondary N) is 1. The maximum atomic E-state index is 14.8. The van der Waals surface area contributed by atoms with Crippen molar-refractivity contribution < 1.29 is 51.6 Å². The molecule has 3 amide bonds. The number of rotatable bonds is 6.